The summed E-state index contributed by atoms with van der Waals surface area (Å²) in [6.07, 6.45) is 8.11. The number of hydrogen-bond acceptors (Lipinski definition) is 3. The minimum absolute atomic E-state index is 0.00333. The number of fused-ring (bicyclic) bond motifs is 9. The molecular weight excluding hydrogens is 1060 g/mol. The Balaban J connectivity index is 1.13. The maximum absolute atomic E-state index is 2.88. The second kappa shape index (κ2) is 19.1. The number of hydrogen-bond donors (Lipinski definition) is 0. The molecule has 88 heavy (non-hydrogen) atoms. The van der Waals surface area contributed by atoms with Gasteiger partial charge in [0.05, 0.1) is 11.2 Å². The second-order valence-corrected chi connectivity index (χ2v) is 34.4. The molecule has 1 saturated carbocycles. The Labute approximate surface area is 530 Å². The summed E-state index contributed by atoms with van der Waals surface area (Å²) in [5.41, 5.74) is 32.1. The minimum atomic E-state index is -0.214. The first-order chi connectivity index (χ1) is 41.1. The zero-order valence-electron chi connectivity index (χ0n) is 57.2. The summed E-state index contributed by atoms with van der Waals surface area (Å²) in [7, 11) is 0. The van der Waals surface area contributed by atoms with E-state index < -0.39 is 0 Å². The Hall–Kier alpha value is -6.78. The van der Waals surface area contributed by atoms with E-state index in [1.54, 1.807) is 0 Å². The van der Waals surface area contributed by atoms with Gasteiger partial charge in [0.1, 0.15) is 0 Å². The smallest absolute Gasteiger partial charge is 0.252 e. The van der Waals surface area contributed by atoms with Gasteiger partial charge in [0, 0.05) is 50.8 Å². The van der Waals surface area contributed by atoms with E-state index in [0.717, 1.165) is 25.7 Å². The first-order valence-corrected chi connectivity index (χ1v) is 33.7. The van der Waals surface area contributed by atoms with Gasteiger partial charge in [0.15, 0.2) is 0 Å². The van der Waals surface area contributed by atoms with Crippen LogP contribution in [-0.4, -0.2) is 12.3 Å². The quantitative estimate of drug-likeness (QED) is 0.159. The molecule has 0 spiro atoms. The molecule has 2 unspecified atom stereocenters. The van der Waals surface area contributed by atoms with Crippen molar-refractivity contribution in [3.8, 4) is 22.3 Å². The predicted octanol–water partition coefficient (Wildman–Crippen LogP) is 21.4. The van der Waals surface area contributed by atoms with E-state index in [2.05, 4.69) is 299 Å². The number of benzene rings is 8. The average Bonchev–Trinajstić information content (AvgIpc) is 1.21. The molecule has 4 heteroatoms. The molecule has 3 nitrogen and oxygen atoms in total. The van der Waals surface area contributed by atoms with Crippen LogP contribution in [0.1, 0.15) is 227 Å². The molecule has 6 aliphatic rings. The van der Waals surface area contributed by atoms with Crippen molar-refractivity contribution >= 4 is 68.6 Å². The Morgan fingerprint density at radius 3 is 1.52 bits per heavy atom. The summed E-state index contributed by atoms with van der Waals surface area (Å²) in [6, 6.07) is 59.5. The van der Waals surface area contributed by atoms with Crippen molar-refractivity contribution in [1.29, 1.82) is 0 Å². The summed E-state index contributed by atoms with van der Waals surface area (Å²) in [6.45, 7) is 48.9. The van der Waals surface area contributed by atoms with Gasteiger partial charge in [-0.1, -0.05) is 228 Å². The molecule has 3 aliphatic heterocycles. The molecule has 2 atom stereocenters. The average molecular weight is 1160 g/mol. The molecule has 14 rings (SSSR count). The van der Waals surface area contributed by atoms with Crippen molar-refractivity contribution in [3.63, 3.8) is 0 Å². The van der Waals surface area contributed by atoms with Gasteiger partial charge < -0.3 is 14.7 Å². The molecule has 8 aromatic carbocycles. The minimum Gasteiger partial charge on any atom is -0.334 e. The molecule has 1 fully saturated rings. The second-order valence-electron chi connectivity index (χ2n) is 34.4. The Bertz CT molecular complexity index is 4190. The molecule has 3 heterocycles. The van der Waals surface area contributed by atoms with Crippen molar-refractivity contribution < 1.29 is 0 Å². The molecule has 0 saturated heterocycles. The van der Waals surface area contributed by atoms with E-state index in [9.17, 15) is 0 Å². The van der Waals surface area contributed by atoms with Crippen LogP contribution in [0.3, 0.4) is 0 Å². The van der Waals surface area contributed by atoms with Crippen molar-refractivity contribution in [2.45, 2.75) is 232 Å². The van der Waals surface area contributed by atoms with Crippen molar-refractivity contribution in [2.75, 3.05) is 14.7 Å². The predicted molar refractivity (Wildman–Crippen MR) is 381 cm³/mol. The lowest BCUT2D eigenvalue weighted by molar-refractivity contribution is 0.195. The summed E-state index contributed by atoms with van der Waals surface area (Å²) < 4.78 is 0. The Morgan fingerprint density at radius 1 is 0.375 bits per heavy atom. The van der Waals surface area contributed by atoms with Crippen LogP contribution in [0.15, 0.2) is 146 Å². The number of nitrogens with zero attached hydrogens (tertiary/aromatic N) is 3. The topological polar surface area (TPSA) is 9.72 Å². The lowest BCUT2D eigenvalue weighted by Crippen LogP contribution is -2.62. The maximum atomic E-state index is 2.88. The summed E-state index contributed by atoms with van der Waals surface area (Å²) in [4.78, 5) is 8.46. The third-order valence-electron chi connectivity index (χ3n) is 23.4. The van der Waals surface area contributed by atoms with E-state index >= 15 is 0 Å². The van der Waals surface area contributed by atoms with Gasteiger partial charge >= 0.3 is 0 Å². The molecule has 0 N–H and O–H groups in total. The molecule has 0 aromatic heterocycles. The highest BCUT2D eigenvalue weighted by atomic mass is 15.3. The normalized spacial score (nSPS) is 21.7. The third kappa shape index (κ3) is 8.76. The summed E-state index contributed by atoms with van der Waals surface area (Å²) in [5.74, 6) is 0. The van der Waals surface area contributed by atoms with Crippen LogP contribution < -0.4 is 31.1 Å². The van der Waals surface area contributed by atoms with Crippen LogP contribution in [0.5, 0.6) is 0 Å². The van der Waals surface area contributed by atoms with Crippen molar-refractivity contribution in [3.05, 3.63) is 196 Å². The van der Waals surface area contributed by atoms with Crippen molar-refractivity contribution in [2.24, 2.45) is 0 Å². The van der Waals surface area contributed by atoms with E-state index in [-0.39, 0.29) is 55.6 Å². The highest BCUT2D eigenvalue weighted by molar-refractivity contribution is 7.00. The molecule has 452 valence electrons. The van der Waals surface area contributed by atoms with Gasteiger partial charge in [-0.25, -0.2) is 0 Å². The molecular formula is C84H98BN3. The molecule has 0 radical (unpaired) electrons. The zero-order chi connectivity index (χ0) is 62.6. The molecule has 0 amide bonds. The van der Waals surface area contributed by atoms with Crippen LogP contribution in [0.4, 0.5) is 45.5 Å². The van der Waals surface area contributed by atoms with E-state index in [0.29, 0.717) is 0 Å². The number of aryl methyl sites for hydroxylation is 1. The molecule has 8 aromatic rings. The number of anilines is 8. The van der Waals surface area contributed by atoms with Crippen LogP contribution in [-0.2, 0) is 43.3 Å². The SMILES string of the molecule is Cc1cc2c(cc1N1c3cc(C(C)(C)C)ccc3B3c4cc5c(cc4N(c4ccc(C(C)(C)C)cc4-c4ccccc4)c4cc(N6c7ccc(-c8ccc(C(C)(C)C)cc8)cc7C7(C)CCCCC67C)cc1c43)C(C)(C)CC5(C)C)C(C)(C)CCC2(C)C. The lowest BCUT2D eigenvalue weighted by atomic mass is 9.33. The largest absolute Gasteiger partial charge is 0.334 e. The van der Waals surface area contributed by atoms with Gasteiger partial charge in [0.2, 0.25) is 0 Å². The van der Waals surface area contributed by atoms with Crippen molar-refractivity contribution in [1.82, 2.24) is 0 Å². The lowest BCUT2D eigenvalue weighted by Gasteiger charge is -2.51. The summed E-state index contributed by atoms with van der Waals surface area (Å²) in [5, 5.41) is 0. The van der Waals surface area contributed by atoms with Crippen LogP contribution in [0.2, 0.25) is 0 Å². The van der Waals surface area contributed by atoms with Crippen LogP contribution >= 0.6 is 0 Å². The fourth-order valence-corrected chi connectivity index (χ4v) is 18.0. The zero-order valence-corrected chi connectivity index (χ0v) is 57.2. The van der Waals surface area contributed by atoms with Crippen LogP contribution in [0, 0.1) is 6.92 Å². The van der Waals surface area contributed by atoms with Gasteiger partial charge in [-0.15, -0.1) is 0 Å². The van der Waals surface area contributed by atoms with E-state index in [1.807, 2.05) is 0 Å². The monoisotopic (exact) mass is 1160 g/mol. The van der Waals surface area contributed by atoms with E-state index in [4.69, 9.17) is 0 Å². The van der Waals surface area contributed by atoms with Crippen LogP contribution in [0.25, 0.3) is 22.3 Å². The highest BCUT2D eigenvalue weighted by Gasteiger charge is 2.59. The maximum Gasteiger partial charge on any atom is 0.252 e. The highest BCUT2D eigenvalue weighted by Crippen LogP contribution is 2.63. The summed E-state index contributed by atoms with van der Waals surface area (Å²) >= 11 is 0. The first-order valence-electron chi connectivity index (χ1n) is 33.7. The fourth-order valence-electron chi connectivity index (χ4n) is 18.0. The Morgan fingerprint density at radius 2 is 0.886 bits per heavy atom. The van der Waals surface area contributed by atoms with Gasteiger partial charge in [-0.2, -0.15) is 0 Å². The third-order valence-corrected chi connectivity index (χ3v) is 23.4. The van der Waals surface area contributed by atoms with Gasteiger partial charge in [0.25, 0.3) is 6.71 Å². The molecule has 0 bridgehead atoms. The Kier molecular flexibility index (Phi) is 12.8. The van der Waals surface area contributed by atoms with Gasteiger partial charge in [-0.3, -0.25) is 0 Å². The molecule has 3 aliphatic carbocycles. The standard InChI is InChI=1S/C84H98BN3/c1-52-42-61-63(80(13,14)41-40-79(61,11)12)49-70(52)87-71-45-58(78(8,9)10)33-35-66(71)85-67-48-62-64(82(17,18)51-81(62,15)16)50-72(67)86(68-37-34-57(77(5,6)7)44-60(68)54-26-22-21-23-27-54)73-46-59(47-74(87)75(73)85)88-69-36-30-55(53-28-31-56(32-29-53)76(2,3)4)43-65(69)83(19)38-24-25-39-84(83,88)20/h21-23,26-37,42-50H,24-25,38-41,51H2,1-20H3. The number of rotatable bonds is 5. The fraction of sp³-hybridized carbons (Fsp3) is 0.429. The van der Waals surface area contributed by atoms with E-state index in [1.165, 1.54) is 153 Å². The van der Waals surface area contributed by atoms with Gasteiger partial charge in [-0.05, 0) is 222 Å². The first kappa shape index (κ1) is 58.9.